The summed E-state index contributed by atoms with van der Waals surface area (Å²) in [5.74, 6) is 0.465. The van der Waals surface area contributed by atoms with E-state index in [0.717, 1.165) is 22.4 Å². The zero-order valence-corrected chi connectivity index (χ0v) is 21.4. The Hall–Kier alpha value is -4.21. The summed E-state index contributed by atoms with van der Waals surface area (Å²) in [7, 11) is 0. The molecule has 0 bridgehead atoms. The van der Waals surface area contributed by atoms with Crippen LogP contribution in [0.25, 0.3) is 5.70 Å². The number of ether oxygens (including phenoxy) is 1. The first-order valence-corrected chi connectivity index (χ1v) is 12.5. The van der Waals surface area contributed by atoms with Crippen LogP contribution in [0.15, 0.2) is 54.6 Å². The number of nitrogens with zero attached hydrogens (tertiary/aromatic N) is 7. The molecule has 1 saturated heterocycles. The van der Waals surface area contributed by atoms with Crippen molar-refractivity contribution in [3.63, 3.8) is 0 Å². The minimum atomic E-state index is -0.337. The Morgan fingerprint density at radius 2 is 1.54 bits per heavy atom. The van der Waals surface area contributed by atoms with Gasteiger partial charge in [-0.25, -0.2) is 4.79 Å². The van der Waals surface area contributed by atoms with Crippen LogP contribution in [0.4, 0.5) is 10.7 Å². The summed E-state index contributed by atoms with van der Waals surface area (Å²) in [5.41, 5.74) is 5.25. The smallest absolute Gasteiger partial charge is 0.409 e. The highest BCUT2D eigenvalue weighted by Gasteiger charge is 2.34. The molecular weight excluding hydrogens is 470 g/mol. The van der Waals surface area contributed by atoms with E-state index in [1.54, 1.807) is 21.4 Å². The number of aromatic nitrogens is 4. The molecule has 5 rings (SSSR count). The molecule has 10 nitrogen and oxygen atoms in total. The quantitative estimate of drug-likeness (QED) is 0.530. The zero-order valence-electron chi connectivity index (χ0n) is 21.4. The summed E-state index contributed by atoms with van der Waals surface area (Å²) in [6, 6.07) is 16.3. The molecule has 2 amide bonds. The van der Waals surface area contributed by atoms with Gasteiger partial charge in [0.2, 0.25) is 5.91 Å². The van der Waals surface area contributed by atoms with E-state index in [4.69, 9.17) is 4.74 Å². The SMILES string of the molecule is CCOC(=O)N1CCN(C(=O)CN2C(c3ccc(C)cc3)=C[C@H](c3ccc(C)cc3)n3nnnc32)CC1. The van der Waals surface area contributed by atoms with Crippen molar-refractivity contribution in [1.29, 1.82) is 0 Å². The van der Waals surface area contributed by atoms with Gasteiger partial charge in [-0.15, -0.1) is 0 Å². The summed E-state index contributed by atoms with van der Waals surface area (Å²) in [4.78, 5) is 30.8. The maximum Gasteiger partial charge on any atom is 0.409 e. The normalized spacial score (nSPS) is 17.3. The lowest BCUT2D eigenvalue weighted by molar-refractivity contribution is -0.131. The lowest BCUT2D eigenvalue weighted by Gasteiger charge is -2.37. The van der Waals surface area contributed by atoms with Crippen molar-refractivity contribution >= 4 is 23.6 Å². The van der Waals surface area contributed by atoms with E-state index in [1.165, 1.54) is 5.56 Å². The van der Waals surface area contributed by atoms with Gasteiger partial charge in [0, 0.05) is 26.2 Å². The number of piperazine rings is 1. The van der Waals surface area contributed by atoms with Gasteiger partial charge in [0.15, 0.2) is 0 Å². The van der Waals surface area contributed by atoms with Crippen molar-refractivity contribution in [1.82, 2.24) is 30.0 Å². The van der Waals surface area contributed by atoms with Gasteiger partial charge in [0.05, 0.1) is 12.3 Å². The number of rotatable bonds is 5. The van der Waals surface area contributed by atoms with Crippen molar-refractivity contribution in [2.24, 2.45) is 0 Å². The molecule has 3 aromatic rings. The van der Waals surface area contributed by atoms with E-state index in [9.17, 15) is 9.59 Å². The Bertz CT molecular complexity index is 1290. The number of benzene rings is 2. The van der Waals surface area contributed by atoms with E-state index in [1.807, 2.05) is 11.8 Å². The van der Waals surface area contributed by atoms with Crippen LogP contribution in [0.2, 0.25) is 0 Å². The van der Waals surface area contributed by atoms with Gasteiger partial charge in [0.1, 0.15) is 12.6 Å². The third kappa shape index (κ3) is 5.04. The number of allylic oxidation sites excluding steroid dienone is 1. The van der Waals surface area contributed by atoms with Crippen LogP contribution in [-0.4, -0.2) is 81.3 Å². The van der Waals surface area contributed by atoms with Crippen LogP contribution in [0.1, 0.15) is 35.2 Å². The fourth-order valence-electron chi connectivity index (χ4n) is 4.69. The Balaban J connectivity index is 1.43. The van der Waals surface area contributed by atoms with Gasteiger partial charge in [-0.2, -0.15) is 4.68 Å². The van der Waals surface area contributed by atoms with Gasteiger partial charge in [-0.3, -0.25) is 9.69 Å². The number of carbonyl (C=O) groups excluding carboxylic acids is 2. The molecule has 0 N–H and O–H groups in total. The molecule has 2 aliphatic rings. The standard InChI is InChI=1S/C27H31N7O3/c1-4-37-27(36)32-15-13-31(14-16-32)25(35)18-33-23(21-9-5-19(2)6-10-21)17-24(34-26(33)28-29-30-34)22-11-7-20(3)8-12-22/h5-12,17,24H,4,13-16,18H2,1-3H3/t24-/m1/s1. The molecule has 2 aromatic carbocycles. The summed E-state index contributed by atoms with van der Waals surface area (Å²) in [5, 5.41) is 12.6. The first-order chi connectivity index (χ1) is 17.9. The molecule has 1 aromatic heterocycles. The van der Waals surface area contributed by atoms with Crippen molar-refractivity contribution in [2.75, 3.05) is 44.2 Å². The second-order valence-electron chi connectivity index (χ2n) is 9.35. The van der Waals surface area contributed by atoms with Gasteiger partial charge < -0.3 is 14.5 Å². The van der Waals surface area contributed by atoms with Gasteiger partial charge >= 0.3 is 6.09 Å². The lowest BCUT2D eigenvalue weighted by Crippen LogP contribution is -2.53. The van der Waals surface area contributed by atoms with Crippen molar-refractivity contribution in [2.45, 2.75) is 26.8 Å². The number of carbonyl (C=O) groups is 2. The lowest BCUT2D eigenvalue weighted by atomic mass is 9.99. The summed E-state index contributed by atoms with van der Waals surface area (Å²) in [6.07, 6.45) is 1.78. The van der Waals surface area contributed by atoms with E-state index in [0.29, 0.717) is 38.7 Å². The molecule has 3 heterocycles. The summed E-state index contributed by atoms with van der Waals surface area (Å²) in [6.45, 7) is 8.09. The monoisotopic (exact) mass is 501 g/mol. The fourth-order valence-corrected chi connectivity index (χ4v) is 4.69. The molecule has 0 unspecified atom stereocenters. The molecular formula is C27H31N7O3. The molecule has 0 saturated carbocycles. The van der Waals surface area contributed by atoms with Crippen LogP contribution in [0, 0.1) is 13.8 Å². The van der Waals surface area contributed by atoms with Crippen molar-refractivity contribution in [3.05, 3.63) is 76.9 Å². The van der Waals surface area contributed by atoms with Crippen molar-refractivity contribution in [3.8, 4) is 0 Å². The predicted octanol–water partition coefficient (Wildman–Crippen LogP) is 3.04. The molecule has 0 radical (unpaired) electrons. The van der Waals surface area contributed by atoms with Crippen LogP contribution in [-0.2, 0) is 9.53 Å². The maximum atomic E-state index is 13.5. The minimum Gasteiger partial charge on any atom is -0.450 e. The van der Waals surface area contributed by atoms with E-state index in [-0.39, 0.29) is 24.6 Å². The number of amides is 2. The topological polar surface area (TPSA) is 96.7 Å². The number of aryl methyl sites for hydroxylation is 2. The van der Waals surface area contributed by atoms with E-state index >= 15 is 0 Å². The third-order valence-electron chi connectivity index (χ3n) is 6.80. The second-order valence-corrected chi connectivity index (χ2v) is 9.35. The Labute approximate surface area is 216 Å². The van der Waals surface area contributed by atoms with Gasteiger partial charge in [-0.05, 0) is 48.4 Å². The van der Waals surface area contributed by atoms with Gasteiger partial charge in [0.25, 0.3) is 5.95 Å². The molecule has 37 heavy (non-hydrogen) atoms. The summed E-state index contributed by atoms with van der Waals surface area (Å²) >= 11 is 0. The van der Waals surface area contributed by atoms with Crippen molar-refractivity contribution < 1.29 is 14.3 Å². The molecule has 192 valence electrons. The number of anilines is 1. The largest absolute Gasteiger partial charge is 0.450 e. The first-order valence-electron chi connectivity index (χ1n) is 12.5. The highest BCUT2D eigenvalue weighted by molar-refractivity contribution is 5.89. The van der Waals surface area contributed by atoms with E-state index < -0.39 is 0 Å². The molecule has 0 aliphatic carbocycles. The van der Waals surface area contributed by atoms with Crippen LogP contribution < -0.4 is 4.90 Å². The number of hydrogen-bond acceptors (Lipinski definition) is 7. The number of tetrazole rings is 1. The zero-order chi connectivity index (χ0) is 25.9. The van der Waals surface area contributed by atoms with Crippen LogP contribution in [0.3, 0.4) is 0 Å². The molecule has 2 aliphatic heterocycles. The minimum absolute atomic E-state index is 0.0511. The predicted molar refractivity (Wildman–Crippen MR) is 139 cm³/mol. The molecule has 1 fully saturated rings. The number of fused-ring (bicyclic) bond motifs is 1. The highest BCUT2D eigenvalue weighted by atomic mass is 16.6. The summed E-state index contributed by atoms with van der Waals surface area (Å²) < 4.78 is 6.85. The average molecular weight is 502 g/mol. The highest BCUT2D eigenvalue weighted by Crippen LogP contribution is 2.36. The van der Waals surface area contributed by atoms with E-state index in [2.05, 4.69) is 77.1 Å². The van der Waals surface area contributed by atoms with Gasteiger partial charge in [-0.1, -0.05) is 64.8 Å². The molecule has 1 atom stereocenters. The fraction of sp³-hybridized carbons (Fsp3) is 0.370. The number of hydrogen-bond donors (Lipinski definition) is 0. The Morgan fingerprint density at radius 1 is 0.919 bits per heavy atom. The van der Waals surface area contributed by atoms with Crippen LogP contribution in [0.5, 0.6) is 0 Å². The second kappa shape index (κ2) is 10.4. The van der Waals surface area contributed by atoms with Crippen LogP contribution >= 0.6 is 0 Å². The third-order valence-corrected chi connectivity index (χ3v) is 6.80. The first kappa shape index (κ1) is 24.5. The Morgan fingerprint density at radius 3 is 2.19 bits per heavy atom. The Kier molecular flexibility index (Phi) is 6.89. The average Bonchev–Trinajstić information content (AvgIpc) is 3.40. The molecule has 10 heteroatoms. The maximum absolute atomic E-state index is 13.5. The molecule has 0 spiro atoms.